The molecule has 0 saturated heterocycles. The zero-order valence-corrected chi connectivity index (χ0v) is 17.4. The van der Waals surface area contributed by atoms with Crippen molar-refractivity contribution in [3.05, 3.63) is 60.6 Å². The molecule has 8 heteroatoms. The highest BCUT2D eigenvalue weighted by molar-refractivity contribution is 7.59. The largest absolute Gasteiger partial charge is 0.496 e. The second-order valence-electron chi connectivity index (χ2n) is 6.26. The number of para-hydroxylation sites is 1. The average molecular weight is 409 g/mol. The molecule has 2 heterocycles. The smallest absolute Gasteiger partial charge is 0.129 e. The molecule has 0 radical (unpaired) electrons. The van der Waals surface area contributed by atoms with Gasteiger partial charge in [0.25, 0.3) is 0 Å². The summed E-state index contributed by atoms with van der Waals surface area (Å²) in [6, 6.07) is 15.7. The van der Waals surface area contributed by atoms with Gasteiger partial charge in [0.05, 0.1) is 18.9 Å². The Kier molecular flexibility index (Phi) is 8.25. The Morgan fingerprint density at radius 1 is 1.07 bits per heavy atom. The van der Waals surface area contributed by atoms with E-state index in [4.69, 9.17) is 10.00 Å². The Hall–Kier alpha value is -3.31. The first kappa shape index (κ1) is 22.0. The number of hydrogen-bond acceptors (Lipinski definition) is 7. The monoisotopic (exact) mass is 408 g/mol. The molecule has 0 amide bonds. The lowest BCUT2D eigenvalue weighted by atomic mass is 10.00. The number of pyridine rings is 1. The summed E-state index contributed by atoms with van der Waals surface area (Å²) in [5, 5.41) is 14.9. The molecule has 0 aliphatic carbocycles. The van der Waals surface area contributed by atoms with Crippen LogP contribution in [0.2, 0.25) is 0 Å². The van der Waals surface area contributed by atoms with Gasteiger partial charge in [-0.3, -0.25) is 0 Å². The van der Waals surface area contributed by atoms with Crippen molar-refractivity contribution in [1.82, 2.24) is 15.0 Å². The molecule has 0 saturated carbocycles. The minimum Gasteiger partial charge on any atom is -0.496 e. The van der Waals surface area contributed by atoms with Crippen molar-refractivity contribution in [2.75, 3.05) is 30.8 Å². The van der Waals surface area contributed by atoms with E-state index in [0.717, 1.165) is 28.4 Å². The lowest BCUT2D eigenvalue weighted by molar-refractivity contribution is 0.407. The summed E-state index contributed by atoms with van der Waals surface area (Å²) >= 11 is 0. The first-order valence-corrected chi connectivity index (χ1v) is 8.97. The van der Waals surface area contributed by atoms with Crippen LogP contribution in [0.1, 0.15) is 18.4 Å². The molecule has 0 unspecified atom stereocenters. The van der Waals surface area contributed by atoms with E-state index in [-0.39, 0.29) is 26.0 Å². The lowest BCUT2D eigenvalue weighted by Crippen LogP contribution is -2.12. The van der Waals surface area contributed by atoms with E-state index < -0.39 is 0 Å². The van der Waals surface area contributed by atoms with Crippen LogP contribution >= 0.6 is 13.5 Å². The molecule has 2 aromatic heterocycles. The highest BCUT2D eigenvalue weighted by Gasteiger charge is 2.11. The SMILES string of the molecule is COc1ccccc1[C@H](C)CNc1cc(-c2ccc(NCC#N)nc2)ncn1.S. The summed E-state index contributed by atoms with van der Waals surface area (Å²) in [7, 11) is 1.69. The first-order chi connectivity index (χ1) is 13.7. The zero-order valence-electron chi connectivity index (χ0n) is 16.4. The standard InChI is InChI=1S/C21H22N6O.H2S/c1-15(17-5-3-4-6-19(17)28-2)12-24-21-11-18(26-14-27-21)16-7-8-20(25-13-16)23-10-9-22;/h3-8,11,13-15H,10,12H2,1-2H3,(H,23,25)(H,24,26,27);1H2/t15-;/m1./s1. The Balaban J connectivity index is 0.00000300. The first-order valence-electron chi connectivity index (χ1n) is 8.97. The molecule has 0 spiro atoms. The van der Waals surface area contributed by atoms with Gasteiger partial charge in [-0.2, -0.15) is 18.8 Å². The maximum absolute atomic E-state index is 8.61. The maximum Gasteiger partial charge on any atom is 0.129 e. The van der Waals surface area contributed by atoms with Crippen LogP contribution in [-0.2, 0) is 0 Å². The molecule has 150 valence electrons. The number of rotatable bonds is 8. The average Bonchev–Trinajstić information content (AvgIpc) is 2.76. The van der Waals surface area contributed by atoms with E-state index in [0.29, 0.717) is 12.4 Å². The van der Waals surface area contributed by atoms with Crippen LogP contribution in [0.25, 0.3) is 11.3 Å². The van der Waals surface area contributed by atoms with Crippen molar-refractivity contribution in [2.45, 2.75) is 12.8 Å². The maximum atomic E-state index is 8.61. The summed E-state index contributed by atoms with van der Waals surface area (Å²) in [6.45, 7) is 3.08. The minimum atomic E-state index is 0. The van der Waals surface area contributed by atoms with E-state index in [9.17, 15) is 0 Å². The molecular weight excluding hydrogens is 384 g/mol. The number of nitrogens with one attached hydrogen (secondary N) is 2. The fraction of sp³-hybridized carbons (Fsp3) is 0.238. The van der Waals surface area contributed by atoms with Crippen molar-refractivity contribution in [3.63, 3.8) is 0 Å². The van der Waals surface area contributed by atoms with Crippen molar-refractivity contribution in [3.8, 4) is 23.1 Å². The predicted octanol–water partition coefficient (Wildman–Crippen LogP) is 3.81. The summed E-state index contributed by atoms with van der Waals surface area (Å²) in [4.78, 5) is 12.9. The zero-order chi connectivity index (χ0) is 19.8. The number of hydrogen-bond donors (Lipinski definition) is 2. The fourth-order valence-electron chi connectivity index (χ4n) is 2.83. The van der Waals surface area contributed by atoms with Crippen LogP contribution in [0.3, 0.4) is 0 Å². The number of aromatic nitrogens is 3. The topological polar surface area (TPSA) is 95.8 Å². The Morgan fingerprint density at radius 2 is 1.90 bits per heavy atom. The number of anilines is 2. The molecule has 7 nitrogen and oxygen atoms in total. The summed E-state index contributed by atoms with van der Waals surface area (Å²) in [5.74, 6) is 2.54. The van der Waals surface area contributed by atoms with Gasteiger partial charge in [0.15, 0.2) is 0 Å². The molecule has 1 aromatic carbocycles. The number of methoxy groups -OCH3 is 1. The molecule has 0 bridgehead atoms. The van der Waals surface area contributed by atoms with Crippen LogP contribution in [-0.4, -0.2) is 35.2 Å². The lowest BCUT2D eigenvalue weighted by Gasteiger charge is -2.16. The third kappa shape index (κ3) is 5.83. The normalized spacial score (nSPS) is 10.9. The number of nitrogens with zero attached hydrogens (tertiary/aromatic N) is 4. The van der Waals surface area contributed by atoms with Gasteiger partial charge in [-0.15, -0.1) is 0 Å². The van der Waals surface area contributed by atoms with Crippen LogP contribution in [0.15, 0.2) is 55.0 Å². The second kappa shape index (κ2) is 10.9. The van der Waals surface area contributed by atoms with Crippen molar-refractivity contribution in [1.29, 1.82) is 5.26 Å². The molecule has 3 rings (SSSR count). The van der Waals surface area contributed by atoms with Gasteiger partial charge in [-0.1, -0.05) is 25.1 Å². The second-order valence-corrected chi connectivity index (χ2v) is 6.26. The van der Waals surface area contributed by atoms with Gasteiger partial charge in [0.1, 0.15) is 30.3 Å². The van der Waals surface area contributed by atoms with Gasteiger partial charge in [-0.05, 0) is 23.8 Å². The highest BCUT2D eigenvalue weighted by atomic mass is 32.1. The number of nitriles is 1. The van der Waals surface area contributed by atoms with Crippen molar-refractivity contribution in [2.24, 2.45) is 0 Å². The molecule has 2 N–H and O–H groups in total. The molecule has 29 heavy (non-hydrogen) atoms. The van der Waals surface area contributed by atoms with E-state index in [1.165, 1.54) is 6.33 Å². The van der Waals surface area contributed by atoms with E-state index >= 15 is 0 Å². The van der Waals surface area contributed by atoms with E-state index in [1.54, 1.807) is 13.3 Å². The third-order valence-corrected chi connectivity index (χ3v) is 4.33. The fourth-order valence-corrected chi connectivity index (χ4v) is 2.83. The molecule has 0 fully saturated rings. The third-order valence-electron chi connectivity index (χ3n) is 4.33. The van der Waals surface area contributed by atoms with Crippen molar-refractivity contribution < 1.29 is 4.74 Å². The molecule has 0 aliphatic heterocycles. The van der Waals surface area contributed by atoms with Crippen LogP contribution in [0.4, 0.5) is 11.6 Å². The quantitative estimate of drug-likeness (QED) is 0.547. The molecule has 3 aromatic rings. The van der Waals surface area contributed by atoms with Crippen LogP contribution in [0, 0.1) is 11.3 Å². The molecule has 1 atom stereocenters. The predicted molar refractivity (Wildman–Crippen MR) is 120 cm³/mol. The van der Waals surface area contributed by atoms with Gasteiger partial charge in [0.2, 0.25) is 0 Å². The number of benzene rings is 1. The van der Waals surface area contributed by atoms with Gasteiger partial charge < -0.3 is 15.4 Å². The summed E-state index contributed by atoms with van der Waals surface area (Å²) < 4.78 is 5.45. The van der Waals surface area contributed by atoms with Crippen molar-refractivity contribution >= 4 is 25.1 Å². The minimum absolute atomic E-state index is 0. The van der Waals surface area contributed by atoms with Crippen LogP contribution < -0.4 is 15.4 Å². The summed E-state index contributed by atoms with van der Waals surface area (Å²) in [5.41, 5.74) is 2.81. The van der Waals surface area contributed by atoms with Crippen LogP contribution in [0.5, 0.6) is 5.75 Å². The van der Waals surface area contributed by atoms with Gasteiger partial charge in [0, 0.05) is 30.3 Å². The number of ether oxygens (including phenoxy) is 1. The molecular formula is C21H24N6OS. The van der Waals surface area contributed by atoms with E-state index in [2.05, 4.69) is 38.6 Å². The molecule has 0 aliphatic rings. The Morgan fingerprint density at radius 3 is 2.62 bits per heavy atom. The van der Waals surface area contributed by atoms with Gasteiger partial charge in [-0.25, -0.2) is 15.0 Å². The summed E-state index contributed by atoms with van der Waals surface area (Å²) in [6.07, 6.45) is 3.26. The van der Waals surface area contributed by atoms with Gasteiger partial charge >= 0.3 is 0 Å². The van der Waals surface area contributed by atoms with E-state index in [1.807, 2.05) is 42.5 Å². The highest BCUT2D eigenvalue weighted by Crippen LogP contribution is 2.26. The Bertz CT molecular complexity index is 958. The Labute approximate surface area is 177 Å².